The molecule has 0 aromatic heterocycles. The molecule has 0 radical (unpaired) electrons. The normalized spacial score (nSPS) is 12.5. The van der Waals surface area contributed by atoms with E-state index >= 15 is 0 Å². The van der Waals surface area contributed by atoms with Gasteiger partial charge in [-0.05, 0) is 67.8 Å². The third kappa shape index (κ3) is 8.73. The Balaban J connectivity index is 1.80. The fourth-order valence-electron chi connectivity index (χ4n) is 5.00. The molecule has 0 aliphatic heterocycles. The summed E-state index contributed by atoms with van der Waals surface area (Å²) in [5, 5.41) is 3.06. The van der Waals surface area contributed by atoms with E-state index in [1.807, 2.05) is 75.4 Å². The van der Waals surface area contributed by atoms with Crippen molar-refractivity contribution in [3.8, 4) is 5.75 Å². The van der Waals surface area contributed by atoms with Crippen LogP contribution < -0.4 is 14.4 Å². The molecule has 0 aliphatic carbocycles. The van der Waals surface area contributed by atoms with E-state index in [2.05, 4.69) is 5.32 Å². The van der Waals surface area contributed by atoms with E-state index in [4.69, 9.17) is 4.74 Å². The second kappa shape index (κ2) is 15.4. The number of hydrogen-bond acceptors (Lipinski definition) is 5. The van der Waals surface area contributed by atoms with Gasteiger partial charge in [0.15, 0.2) is 0 Å². The molecule has 45 heavy (non-hydrogen) atoms. The minimum atomic E-state index is -4.17. The number of nitrogens with zero attached hydrogens (tertiary/aromatic N) is 2. The molecule has 4 aromatic carbocycles. The monoisotopic (exact) mass is 627 g/mol. The number of amides is 2. The van der Waals surface area contributed by atoms with Crippen LogP contribution in [0.2, 0.25) is 0 Å². The van der Waals surface area contributed by atoms with E-state index in [0.717, 1.165) is 27.4 Å². The third-order valence-electron chi connectivity index (χ3n) is 7.68. The molecule has 0 fully saturated rings. The standard InChI is InChI=1S/C36H41N3O5S/c1-5-28(3)37-36(41)34(24-29-14-8-6-9-15-29)38(25-30-16-12-13-27(2)23-30)35(40)26-39(31-19-21-32(44-4)22-20-31)45(42,43)33-17-10-7-11-18-33/h6-23,28,34H,5,24-26H2,1-4H3,(H,37,41)/t28-,34+/m1/s1. The van der Waals surface area contributed by atoms with Crippen LogP contribution in [0.15, 0.2) is 114 Å². The maximum absolute atomic E-state index is 14.5. The van der Waals surface area contributed by atoms with Gasteiger partial charge in [0, 0.05) is 19.0 Å². The van der Waals surface area contributed by atoms with Gasteiger partial charge in [0.1, 0.15) is 18.3 Å². The summed E-state index contributed by atoms with van der Waals surface area (Å²) in [6.07, 6.45) is 0.977. The van der Waals surface area contributed by atoms with Crippen LogP contribution in [0, 0.1) is 6.92 Å². The topological polar surface area (TPSA) is 96.0 Å². The zero-order chi connectivity index (χ0) is 32.4. The second-order valence-corrected chi connectivity index (χ2v) is 12.9. The van der Waals surface area contributed by atoms with Gasteiger partial charge in [-0.25, -0.2) is 8.42 Å². The molecule has 0 unspecified atom stereocenters. The van der Waals surface area contributed by atoms with Crippen LogP contribution in [0.3, 0.4) is 0 Å². The van der Waals surface area contributed by atoms with Gasteiger partial charge in [0.25, 0.3) is 10.0 Å². The fourth-order valence-corrected chi connectivity index (χ4v) is 6.43. The largest absolute Gasteiger partial charge is 0.497 e. The Hall–Kier alpha value is -4.63. The number of aryl methyl sites for hydroxylation is 1. The van der Waals surface area contributed by atoms with Gasteiger partial charge in [-0.15, -0.1) is 0 Å². The van der Waals surface area contributed by atoms with Crippen LogP contribution in [0.5, 0.6) is 5.75 Å². The van der Waals surface area contributed by atoms with Gasteiger partial charge in [-0.3, -0.25) is 13.9 Å². The average molecular weight is 628 g/mol. The lowest BCUT2D eigenvalue weighted by molar-refractivity contribution is -0.140. The van der Waals surface area contributed by atoms with Crippen molar-refractivity contribution in [2.45, 2.75) is 57.1 Å². The quantitative estimate of drug-likeness (QED) is 0.192. The Kier molecular flexibility index (Phi) is 11.4. The van der Waals surface area contributed by atoms with E-state index in [-0.39, 0.29) is 29.8 Å². The third-order valence-corrected chi connectivity index (χ3v) is 9.47. The number of rotatable bonds is 14. The van der Waals surface area contributed by atoms with E-state index in [1.165, 1.54) is 24.1 Å². The highest BCUT2D eigenvalue weighted by Crippen LogP contribution is 2.27. The highest BCUT2D eigenvalue weighted by molar-refractivity contribution is 7.92. The number of benzene rings is 4. The van der Waals surface area contributed by atoms with Crippen LogP contribution >= 0.6 is 0 Å². The summed E-state index contributed by atoms with van der Waals surface area (Å²) in [7, 11) is -2.64. The van der Waals surface area contributed by atoms with Crippen molar-refractivity contribution in [1.82, 2.24) is 10.2 Å². The second-order valence-electron chi connectivity index (χ2n) is 11.1. The Morgan fingerprint density at radius 2 is 1.47 bits per heavy atom. The molecule has 2 atom stereocenters. The molecule has 9 heteroatoms. The van der Waals surface area contributed by atoms with Gasteiger partial charge in [0.2, 0.25) is 11.8 Å². The SMILES string of the molecule is CC[C@@H](C)NC(=O)[C@H](Cc1ccccc1)N(Cc1cccc(C)c1)C(=O)CN(c1ccc(OC)cc1)S(=O)(=O)c1ccccc1. The van der Waals surface area contributed by atoms with Crippen molar-refractivity contribution in [2.24, 2.45) is 0 Å². The van der Waals surface area contributed by atoms with E-state index in [9.17, 15) is 18.0 Å². The van der Waals surface area contributed by atoms with Crippen LogP contribution in [0.25, 0.3) is 0 Å². The summed E-state index contributed by atoms with van der Waals surface area (Å²) in [6.45, 7) is 5.46. The molecule has 0 bridgehead atoms. The molecule has 4 aromatic rings. The number of ether oxygens (including phenoxy) is 1. The molecule has 0 heterocycles. The summed E-state index contributed by atoms with van der Waals surface area (Å²) >= 11 is 0. The maximum atomic E-state index is 14.5. The number of carbonyl (C=O) groups excluding carboxylic acids is 2. The summed E-state index contributed by atoms with van der Waals surface area (Å²) in [6, 6.07) is 30.8. The first kappa shape index (κ1) is 33.3. The number of carbonyl (C=O) groups is 2. The van der Waals surface area contributed by atoms with Crippen LogP contribution in [-0.2, 0) is 32.6 Å². The molecule has 0 spiro atoms. The average Bonchev–Trinajstić information content (AvgIpc) is 3.06. The highest BCUT2D eigenvalue weighted by Gasteiger charge is 2.35. The first-order valence-electron chi connectivity index (χ1n) is 15.0. The Labute approximate surface area is 266 Å². The Bertz CT molecular complexity index is 1660. The lowest BCUT2D eigenvalue weighted by Crippen LogP contribution is -2.54. The lowest BCUT2D eigenvalue weighted by atomic mass is 10.0. The smallest absolute Gasteiger partial charge is 0.264 e. The lowest BCUT2D eigenvalue weighted by Gasteiger charge is -2.34. The first-order valence-corrected chi connectivity index (χ1v) is 16.5. The van der Waals surface area contributed by atoms with Crippen LogP contribution in [0.1, 0.15) is 37.0 Å². The molecule has 1 N–H and O–H groups in total. The molecule has 236 valence electrons. The molecule has 0 saturated carbocycles. The number of sulfonamides is 1. The summed E-state index contributed by atoms with van der Waals surface area (Å²) in [5.74, 6) is -0.254. The highest BCUT2D eigenvalue weighted by atomic mass is 32.2. The van der Waals surface area contributed by atoms with Gasteiger partial charge < -0.3 is 15.0 Å². The molecule has 0 aliphatic rings. The summed E-state index contributed by atoms with van der Waals surface area (Å²) in [5.41, 5.74) is 3.02. The molecule has 4 rings (SSSR count). The Morgan fingerprint density at radius 1 is 0.844 bits per heavy atom. The van der Waals surface area contributed by atoms with Gasteiger partial charge in [0.05, 0.1) is 17.7 Å². The molecule has 8 nitrogen and oxygen atoms in total. The van der Waals surface area contributed by atoms with E-state index < -0.39 is 28.5 Å². The van der Waals surface area contributed by atoms with Crippen molar-refractivity contribution in [2.75, 3.05) is 18.0 Å². The van der Waals surface area contributed by atoms with Crippen LogP contribution in [0.4, 0.5) is 5.69 Å². The maximum Gasteiger partial charge on any atom is 0.264 e. The van der Waals surface area contributed by atoms with Gasteiger partial charge in [-0.1, -0.05) is 85.3 Å². The predicted molar refractivity (Wildman–Crippen MR) is 178 cm³/mol. The molecular formula is C36H41N3O5S. The van der Waals surface area contributed by atoms with E-state index in [0.29, 0.717) is 11.4 Å². The van der Waals surface area contributed by atoms with Gasteiger partial charge in [-0.2, -0.15) is 0 Å². The van der Waals surface area contributed by atoms with Crippen molar-refractivity contribution in [1.29, 1.82) is 0 Å². The first-order chi connectivity index (χ1) is 21.6. The number of hydrogen-bond donors (Lipinski definition) is 1. The van der Waals surface area contributed by atoms with Crippen molar-refractivity contribution < 1.29 is 22.7 Å². The fraction of sp³-hybridized carbons (Fsp3) is 0.278. The minimum absolute atomic E-state index is 0.0502. The Morgan fingerprint density at radius 3 is 2.07 bits per heavy atom. The minimum Gasteiger partial charge on any atom is -0.497 e. The summed E-state index contributed by atoms with van der Waals surface area (Å²) in [4.78, 5) is 30.0. The predicted octanol–water partition coefficient (Wildman–Crippen LogP) is 5.75. The zero-order valence-corrected chi connectivity index (χ0v) is 27.0. The van der Waals surface area contributed by atoms with Crippen molar-refractivity contribution in [3.63, 3.8) is 0 Å². The number of methoxy groups -OCH3 is 1. The van der Waals surface area contributed by atoms with Gasteiger partial charge >= 0.3 is 0 Å². The van der Waals surface area contributed by atoms with Crippen LogP contribution in [-0.4, -0.2) is 50.9 Å². The number of anilines is 1. The zero-order valence-electron chi connectivity index (χ0n) is 26.2. The molecular weight excluding hydrogens is 586 g/mol. The molecule has 0 saturated heterocycles. The van der Waals surface area contributed by atoms with Crippen molar-refractivity contribution >= 4 is 27.5 Å². The van der Waals surface area contributed by atoms with Crippen molar-refractivity contribution in [3.05, 3.63) is 126 Å². The number of nitrogens with one attached hydrogen (secondary N) is 1. The molecule has 2 amide bonds. The van der Waals surface area contributed by atoms with E-state index in [1.54, 1.807) is 42.5 Å². The summed E-state index contributed by atoms with van der Waals surface area (Å²) < 4.78 is 34.5.